The maximum Gasteiger partial charge on any atom is 0.418 e. The van der Waals surface area contributed by atoms with E-state index in [9.17, 15) is 13.2 Å². The standard InChI is InChI=1S/C12H17F3N2/c1-7(2)8-6-16-17-10(11(3,4)5)9(8)12(13,14)15/h6-7H,1-5H3. The number of hydrogen-bond acceptors (Lipinski definition) is 2. The minimum absolute atomic E-state index is 0.0104. The molecule has 1 aromatic rings. The quantitative estimate of drug-likeness (QED) is 0.750. The molecule has 0 unspecified atom stereocenters. The van der Waals surface area contributed by atoms with E-state index in [1.165, 1.54) is 6.20 Å². The van der Waals surface area contributed by atoms with E-state index in [0.29, 0.717) is 0 Å². The summed E-state index contributed by atoms with van der Waals surface area (Å²) < 4.78 is 39.4. The summed E-state index contributed by atoms with van der Waals surface area (Å²) in [5.74, 6) is -0.233. The molecule has 0 atom stereocenters. The van der Waals surface area contributed by atoms with Gasteiger partial charge in [0.2, 0.25) is 0 Å². The van der Waals surface area contributed by atoms with Crippen molar-refractivity contribution >= 4 is 0 Å². The van der Waals surface area contributed by atoms with Crippen LogP contribution in [0.3, 0.4) is 0 Å². The topological polar surface area (TPSA) is 25.8 Å². The molecular formula is C12H17F3N2. The Hall–Kier alpha value is -1.13. The predicted octanol–water partition coefficient (Wildman–Crippen LogP) is 3.92. The molecule has 0 aliphatic rings. The first-order valence-corrected chi connectivity index (χ1v) is 5.48. The van der Waals surface area contributed by atoms with Gasteiger partial charge in [0.1, 0.15) is 0 Å². The van der Waals surface area contributed by atoms with Crippen molar-refractivity contribution in [3.63, 3.8) is 0 Å². The summed E-state index contributed by atoms with van der Waals surface area (Å²) in [4.78, 5) is 0. The zero-order valence-electron chi connectivity index (χ0n) is 10.7. The molecule has 0 saturated heterocycles. The molecule has 0 aliphatic carbocycles. The van der Waals surface area contributed by atoms with Crippen LogP contribution in [0.1, 0.15) is 57.4 Å². The van der Waals surface area contributed by atoms with E-state index in [-0.39, 0.29) is 17.2 Å². The lowest BCUT2D eigenvalue weighted by Gasteiger charge is -2.25. The van der Waals surface area contributed by atoms with Crippen LogP contribution in [-0.4, -0.2) is 10.2 Å². The third-order valence-corrected chi connectivity index (χ3v) is 2.50. The van der Waals surface area contributed by atoms with Crippen LogP contribution >= 0.6 is 0 Å². The van der Waals surface area contributed by atoms with E-state index in [0.717, 1.165) is 0 Å². The summed E-state index contributed by atoms with van der Waals surface area (Å²) >= 11 is 0. The minimum Gasteiger partial charge on any atom is -0.166 e. The van der Waals surface area contributed by atoms with Gasteiger partial charge in [-0.15, -0.1) is 0 Å². The van der Waals surface area contributed by atoms with E-state index in [1.54, 1.807) is 34.6 Å². The van der Waals surface area contributed by atoms with E-state index in [1.807, 2.05) is 0 Å². The number of aromatic nitrogens is 2. The summed E-state index contributed by atoms with van der Waals surface area (Å²) in [6.45, 7) is 8.56. The Balaban J connectivity index is 3.58. The molecule has 0 radical (unpaired) electrons. The van der Waals surface area contributed by atoms with Crippen molar-refractivity contribution in [1.29, 1.82) is 0 Å². The summed E-state index contributed by atoms with van der Waals surface area (Å²) in [7, 11) is 0. The Morgan fingerprint density at radius 2 is 1.65 bits per heavy atom. The molecule has 5 heteroatoms. The van der Waals surface area contributed by atoms with Crippen LogP contribution in [0.25, 0.3) is 0 Å². The Bertz CT molecular complexity index is 403. The molecule has 0 fully saturated rings. The molecule has 1 aromatic heterocycles. The number of hydrogen-bond donors (Lipinski definition) is 0. The zero-order chi connectivity index (χ0) is 13.4. The van der Waals surface area contributed by atoms with Crippen LogP contribution in [0.5, 0.6) is 0 Å². The molecule has 0 aromatic carbocycles. The molecule has 1 heterocycles. The molecule has 0 N–H and O–H groups in total. The van der Waals surface area contributed by atoms with Gasteiger partial charge in [0.05, 0.1) is 17.5 Å². The first-order chi connectivity index (χ1) is 7.55. The van der Waals surface area contributed by atoms with E-state index in [2.05, 4.69) is 10.2 Å². The van der Waals surface area contributed by atoms with Crippen LogP contribution in [0.2, 0.25) is 0 Å². The normalized spacial score (nSPS) is 13.2. The SMILES string of the molecule is CC(C)c1cnnc(C(C)(C)C)c1C(F)(F)F. The molecule has 96 valence electrons. The molecule has 0 spiro atoms. The average molecular weight is 246 g/mol. The maximum atomic E-state index is 13.1. The van der Waals surface area contributed by atoms with Crippen LogP contribution in [0.15, 0.2) is 6.20 Å². The monoisotopic (exact) mass is 246 g/mol. The second-order valence-corrected chi connectivity index (χ2v) is 5.43. The summed E-state index contributed by atoms with van der Waals surface area (Å²) in [5.41, 5.74) is -1.09. The highest BCUT2D eigenvalue weighted by atomic mass is 19.4. The summed E-state index contributed by atoms with van der Waals surface area (Å²) in [6, 6.07) is 0. The van der Waals surface area contributed by atoms with Crippen LogP contribution < -0.4 is 0 Å². The molecule has 0 aliphatic heterocycles. The molecule has 1 rings (SSSR count). The van der Waals surface area contributed by atoms with Gasteiger partial charge in [-0.1, -0.05) is 34.6 Å². The fraction of sp³-hybridized carbons (Fsp3) is 0.667. The van der Waals surface area contributed by atoms with Crippen molar-refractivity contribution in [2.75, 3.05) is 0 Å². The van der Waals surface area contributed by atoms with Gasteiger partial charge >= 0.3 is 6.18 Å². The lowest BCUT2D eigenvalue weighted by Crippen LogP contribution is -2.24. The molecule has 0 bridgehead atoms. The van der Waals surface area contributed by atoms with Crippen molar-refractivity contribution in [1.82, 2.24) is 10.2 Å². The van der Waals surface area contributed by atoms with E-state index in [4.69, 9.17) is 0 Å². The first kappa shape index (κ1) is 13.9. The van der Waals surface area contributed by atoms with Gasteiger partial charge in [0.15, 0.2) is 0 Å². The molecular weight excluding hydrogens is 229 g/mol. The third-order valence-electron chi connectivity index (χ3n) is 2.50. The van der Waals surface area contributed by atoms with Gasteiger partial charge in [-0.25, -0.2) is 0 Å². The Morgan fingerprint density at radius 3 is 2.00 bits per heavy atom. The number of halogens is 3. The average Bonchev–Trinajstić information content (AvgIpc) is 2.13. The van der Waals surface area contributed by atoms with E-state index < -0.39 is 17.2 Å². The Morgan fingerprint density at radius 1 is 1.12 bits per heavy atom. The van der Waals surface area contributed by atoms with Gasteiger partial charge in [-0.3, -0.25) is 0 Å². The van der Waals surface area contributed by atoms with Crippen molar-refractivity contribution in [2.45, 2.75) is 52.1 Å². The van der Waals surface area contributed by atoms with Crippen molar-refractivity contribution in [3.8, 4) is 0 Å². The van der Waals surface area contributed by atoms with E-state index >= 15 is 0 Å². The summed E-state index contributed by atoms with van der Waals surface area (Å²) in [5, 5.41) is 7.39. The molecule has 17 heavy (non-hydrogen) atoms. The van der Waals surface area contributed by atoms with Gasteiger partial charge in [-0.2, -0.15) is 23.4 Å². The Kier molecular flexibility index (Phi) is 3.50. The van der Waals surface area contributed by atoms with Gasteiger partial charge in [-0.05, 0) is 11.5 Å². The molecule has 2 nitrogen and oxygen atoms in total. The highest BCUT2D eigenvalue weighted by molar-refractivity contribution is 5.36. The fourth-order valence-electron chi connectivity index (χ4n) is 1.66. The second-order valence-electron chi connectivity index (χ2n) is 5.43. The third kappa shape index (κ3) is 2.96. The first-order valence-electron chi connectivity index (χ1n) is 5.48. The smallest absolute Gasteiger partial charge is 0.166 e. The number of nitrogens with zero attached hydrogens (tertiary/aromatic N) is 2. The molecule has 0 amide bonds. The maximum absolute atomic E-state index is 13.1. The van der Waals surface area contributed by atoms with Crippen molar-refractivity contribution < 1.29 is 13.2 Å². The van der Waals surface area contributed by atoms with Gasteiger partial charge in [0.25, 0.3) is 0 Å². The Labute approximate surface area is 99.3 Å². The van der Waals surface area contributed by atoms with Crippen LogP contribution in [0, 0.1) is 0 Å². The lowest BCUT2D eigenvalue weighted by atomic mass is 9.85. The minimum atomic E-state index is -4.39. The number of alkyl halides is 3. The molecule has 0 saturated carbocycles. The van der Waals surface area contributed by atoms with Crippen molar-refractivity contribution in [3.05, 3.63) is 23.0 Å². The highest BCUT2D eigenvalue weighted by Gasteiger charge is 2.40. The summed E-state index contributed by atoms with van der Waals surface area (Å²) in [6.07, 6.45) is -3.18. The fourth-order valence-corrected chi connectivity index (χ4v) is 1.66. The van der Waals surface area contributed by atoms with Gasteiger partial charge in [0, 0.05) is 5.41 Å². The largest absolute Gasteiger partial charge is 0.418 e. The van der Waals surface area contributed by atoms with Gasteiger partial charge < -0.3 is 0 Å². The predicted molar refractivity (Wildman–Crippen MR) is 59.8 cm³/mol. The zero-order valence-corrected chi connectivity index (χ0v) is 10.7. The lowest BCUT2D eigenvalue weighted by molar-refractivity contribution is -0.139. The van der Waals surface area contributed by atoms with Crippen LogP contribution in [-0.2, 0) is 11.6 Å². The highest BCUT2D eigenvalue weighted by Crippen LogP contribution is 2.40. The van der Waals surface area contributed by atoms with Crippen LogP contribution in [0.4, 0.5) is 13.2 Å². The number of rotatable bonds is 1. The van der Waals surface area contributed by atoms with Crippen molar-refractivity contribution in [2.24, 2.45) is 0 Å². The second kappa shape index (κ2) is 4.27.